The summed E-state index contributed by atoms with van der Waals surface area (Å²) in [5, 5.41) is 2.53. The summed E-state index contributed by atoms with van der Waals surface area (Å²) in [6.45, 7) is 4.61. The summed E-state index contributed by atoms with van der Waals surface area (Å²) in [6, 6.07) is 14.9. The van der Waals surface area contributed by atoms with Crippen LogP contribution in [-0.4, -0.2) is 24.2 Å². The number of nitrogens with zero attached hydrogens (tertiary/aromatic N) is 1. The van der Waals surface area contributed by atoms with Crippen molar-refractivity contribution in [3.05, 3.63) is 42.5 Å². The zero-order valence-electron chi connectivity index (χ0n) is 12.9. The van der Waals surface area contributed by atoms with Gasteiger partial charge in [0.15, 0.2) is 6.23 Å². The van der Waals surface area contributed by atoms with Crippen LogP contribution in [-0.2, 0) is 0 Å². The van der Waals surface area contributed by atoms with E-state index in [0.717, 1.165) is 12.2 Å². The van der Waals surface area contributed by atoms with Gasteiger partial charge in [0.1, 0.15) is 5.75 Å². The molecule has 0 radical (unpaired) electrons. The van der Waals surface area contributed by atoms with Gasteiger partial charge in [-0.3, -0.25) is 4.90 Å². The molecule has 21 heavy (non-hydrogen) atoms. The normalized spacial score (nSPS) is 17.2. The Morgan fingerprint density at radius 2 is 1.81 bits per heavy atom. The number of likely N-dealkylation sites (tertiary alicyclic amines) is 1. The number of hydrogen-bond donors (Lipinski definition) is 0. The Morgan fingerprint density at radius 3 is 2.57 bits per heavy atom. The molecule has 0 aromatic heterocycles. The highest BCUT2D eigenvalue weighted by Gasteiger charge is 2.22. The summed E-state index contributed by atoms with van der Waals surface area (Å²) >= 11 is 0. The van der Waals surface area contributed by atoms with Gasteiger partial charge in [0.25, 0.3) is 0 Å². The molecule has 1 atom stereocenters. The second-order valence-corrected chi connectivity index (χ2v) is 5.97. The third-order valence-corrected chi connectivity index (χ3v) is 4.35. The molecule has 2 nitrogen and oxygen atoms in total. The van der Waals surface area contributed by atoms with E-state index in [1.165, 1.54) is 49.5 Å². The van der Waals surface area contributed by atoms with Gasteiger partial charge in [0.05, 0.1) is 0 Å². The minimum absolute atomic E-state index is 0.244. The minimum atomic E-state index is 0.244. The van der Waals surface area contributed by atoms with Crippen LogP contribution in [0.15, 0.2) is 42.5 Å². The minimum Gasteiger partial charge on any atom is -0.475 e. The number of benzene rings is 2. The maximum atomic E-state index is 6.33. The van der Waals surface area contributed by atoms with Crippen LogP contribution >= 0.6 is 0 Å². The van der Waals surface area contributed by atoms with Crippen molar-refractivity contribution in [1.29, 1.82) is 0 Å². The van der Waals surface area contributed by atoms with Gasteiger partial charge in [-0.15, -0.1) is 0 Å². The maximum Gasteiger partial charge on any atom is 0.152 e. The van der Waals surface area contributed by atoms with Crippen LogP contribution in [0.2, 0.25) is 0 Å². The van der Waals surface area contributed by atoms with E-state index in [2.05, 4.69) is 54.3 Å². The van der Waals surface area contributed by atoms with Gasteiger partial charge >= 0.3 is 0 Å². The average Bonchev–Trinajstić information content (AvgIpc) is 3.05. The highest BCUT2D eigenvalue weighted by atomic mass is 16.5. The third kappa shape index (κ3) is 3.56. The zero-order valence-corrected chi connectivity index (χ0v) is 12.9. The number of rotatable bonds is 6. The molecule has 0 spiro atoms. The monoisotopic (exact) mass is 283 g/mol. The smallest absolute Gasteiger partial charge is 0.152 e. The lowest BCUT2D eigenvalue weighted by atomic mass is 10.1. The van der Waals surface area contributed by atoms with E-state index in [0.29, 0.717) is 0 Å². The van der Waals surface area contributed by atoms with E-state index in [4.69, 9.17) is 4.74 Å². The fourth-order valence-corrected chi connectivity index (χ4v) is 3.12. The molecule has 2 heteroatoms. The Labute approximate surface area is 127 Å². The molecular formula is C19H25NO. The molecule has 1 heterocycles. The van der Waals surface area contributed by atoms with Gasteiger partial charge in [-0.1, -0.05) is 43.7 Å². The van der Waals surface area contributed by atoms with Crippen molar-refractivity contribution in [2.45, 2.75) is 45.3 Å². The highest BCUT2D eigenvalue weighted by molar-refractivity contribution is 5.83. The molecule has 1 aliphatic heterocycles. The highest BCUT2D eigenvalue weighted by Crippen LogP contribution is 2.24. The molecule has 0 bridgehead atoms. The number of unbranched alkanes of at least 4 members (excludes halogenated alkanes) is 1. The van der Waals surface area contributed by atoms with E-state index in [1.54, 1.807) is 0 Å². The molecule has 0 saturated carbocycles. The fraction of sp³-hybridized carbons (Fsp3) is 0.474. The zero-order chi connectivity index (χ0) is 14.5. The van der Waals surface area contributed by atoms with E-state index < -0.39 is 0 Å². The first-order valence-corrected chi connectivity index (χ1v) is 8.26. The van der Waals surface area contributed by atoms with Crippen molar-refractivity contribution in [1.82, 2.24) is 4.90 Å². The molecular weight excluding hydrogens is 258 g/mol. The van der Waals surface area contributed by atoms with Gasteiger partial charge in [-0.05, 0) is 48.6 Å². The molecule has 0 aliphatic carbocycles. The quantitative estimate of drug-likeness (QED) is 0.753. The lowest BCUT2D eigenvalue weighted by molar-refractivity contribution is 0.0346. The van der Waals surface area contributed by atoms with E-state index in [9.17, 15) is 0 Å². The summed E-state index contributed by atoms with van der Waals surface area (Å²) in [5.74, 6) is 1.00. The molecule has 0 amide bonds. The first-order valence-electron chi connectivity index (χ1n) is 8.26. The lowest BCUT2D eigenvalue weighted by Crippen LogP contribution is -2.37. The molecule has 2 aromatic carbocycles. The molecule has 112 valence electrons. The molecule has 1 unspecified atom stereocenters. The largest absolute Gasteiger partial charge is 0.475 e. The van der Waals surface area contributed by atoms with Crippen molar-refractivity contribution in [2.75, 3.05) is 13.1 Å². The van der Waals surface area contributed by atoms with Crippen molar-refractivity contribution < 1.29 is 4.74 Å². The molecule has 2 aromatic rings. The Bertz CT molecular complexity index is 575. The van der Waals surface area contributed by atoms with Gasteiger partial charge in [0.2, 0.25) is 0 Å². The molecule has 1 aliphatic rings. The molecule has 0 N–H and O–H groups in total. The van der Waals surface area contributed by atoms with Crippen LogP contribution in [0.4, 0.5) is 0 Å². The Balaban J connectivity index is 1.75. The van der Waals surface area contributed by atoms with Crippen molar-refractivity contribution >= 4 is 10.8 Å². The first kappa shape index (κ1) is 14.4. The third-order valence-electron chi connectivity index (χ3n) is 4.35. The predicted molar refractivity (Wildman–Crippen MR) is 88.7 cm³/mol. The number of ether oxygens (including phenoxy) is 1. The Morgan fingerprint density at radius 1 is 1.05 bits per heavy atom. The van der Waals surface area contributed by atoms with Crippen LogP contribution < -0.4 is 4.74 Å². The second kappa shape index (κ2) is 6.95. The van der Waals surface area contributed by atoms with Crippen LogP contribution in [0.25, 0.3) is 10.8 Å². The first-order chi connectivity index (χ1) is 10.4. The average molecular weight is 283 g/mol. The van der Waals surface area contributed by atoms with Gasteiger partial charge in [-0.2, -0.15) is 0 Å². The van der Waals surface area contributed by atoms with E-state index in [1.807, 2.05) is 0 Å². The Hall–Kier alpha value is -1.54. The number of hydrogen-bond acceptors (Lipinski definition) is 2. The number of fused-ring (bicyclic) bond motifs is 1. The second-order valence-electron chi connectivity index (χ2n) is 5.97. The predicted octanol–water partition coefficient (Wildman–Crippen LogP) is 4.83. The molecule has 1 saturated heterocycles. The summed E-state index contributed by atoms with van der Waals surface area (Å²) in [6.07, 6.45) is 6.45. The standard InChI is InChI=1S/C19H25NO/c1-2-3-10-19(20-13-6-7-14-20)21-18-12-11-16-8-4-5-9-17(16)15-18/h4-5,8-9,11-12,15,19H,2-3,6-7,10,13-14H2,1H3. The molecule has 1 fully saturated rings. The van der Waals surface area contributed by atoms with E-state index >= 15 is 0 Å². The Kier molecular flexibility index (Phi) is 4.76. The topological polar surface area (TPSA) is 12.5 Å². The van der Waals surface area contributed by atoms with E-state index in [-0.39, 0.29) is 6.23 Å². The van der Waals surface area contributed by atoms with Gasteiger partial charge in [-0.25, -0.2) is 0 Å². The van der Waals surface area contributed by atoms with Crippen LogP contribution in [0.3, 0.4) is 0 Å². The summed E-state index contributed by atoms with van der Waals surface area (Å²) < 4.78 is 6.33. The molecule has 3 rings (SSSR count). The maximum absolute atomic E-state index is 6.33. The van der Waals surface area contributed by atoms with Gasteiger partial charge in [0, 0.05) is 13.1 Å². The van der Waals surface area contributed by atoms with Crippen molar-refractivity contribution in [3.8, 4) is 5.75 Å². The van der Waals surface area contributed by atoms with Crippen molar-refractivity contribution in [2.24, 2.45) is 0 Å². The lowest BCUT2D eigenvalue weighted by Gasteiger charge is -2.28. The van der Waals surface area contributed by atoms with Crippen LogP contribution in [0, 0.1) is 0 Å². The fourth-order valence-electron chi connectivity index (χ4n) is 3.12. The van der Waals surface area contributed by atoms with Crippen molar-refractivity contribution in [3.63, 3.8) is 0 Å². The van der Waals surface area contributed by atoms with Crippen LogP contribution in [0.5, 0.6) is 5.75 Å². The summed E-state index contributed by atoms with van der Waals surface area (Å²) in [7, 11) is 0. The van der Waals surface area contributed by atoms with Crippen LogP contribution in [0.1, 0.15) is 39.0 Å². The SMILES string of the molecule is CCCCC(Oc1ccc2ccccc2c1)N1CCCC1. The van der Waals surface area contributed by atoms with Gasteiger partial charge < -0.3 is 4.74 Å². The summed E-state index contributed by atoms with van der Waals surface area (Å²) in [5.41, 5.74) is 0. The summed E-state index contributed by atoms with van der Waals surface area (Å²) in [4.78, 5) is 2.50.